The lowest BCUT2D eigenvalue weighted by atomic mass is 10.1. The number of rotatable bonds is 6. The second-order valence-electron chi connectivity index (χ2n) is 6.13. The minimum absolute atomic E-state index is 0.199. The zero-order chi connectivity index (χ0) is 19.9. The molecule has 2 N–H and O–H groups in total. The highest BCUT2D eigenvalue weighted by molar-refractivity contribution is 6.03. The lowest BCUT2D eigenvalue weighted by Crippen LogP contribution is -2.17. The molecular formula is C21H18FN5O. The molecule has 0 atom stereocenters. The van der Waals surface area contributed by atoms with Crippen molar-refractivity contribution in [3.63, 3.8) is 0 Å². The van der Waals surface area contributed by atoms with Gasteiger partial charge >= 0.3 is 0 Å². The zero-order valence-corrected chi connectivity index (χ0v) is 15.2. The van der Waals surface area contributed by atoms with Gasteiger partial charge in [0.25, 0.3) is 5.91 Å². The number of carbonyl (C=O) groups excluding carboxylic acids is 1. The Kier molecular flexibility index (Phi) is 5.92. The van der Waals surface area contributed by atoms with Crippen LogP contribution in [0.3, 0.4) is 0 Å². The number of para-hydroxylation sites is 1. The number of aryl methyl sites for hydroxylation is 1. The molecule has 0 aliphatic rings. The van der Waals surface area contributed by atoms with E-state index in [1.807, 2.05) is 6.07 Å². The fraction of sp³-hybridized carbons (Fsp3) is 0.143. The van der Waals surface area contributed by atoms with Crippen LogP contribution in [0, 0.1) is 24.1 Å². The van der Waals surface area contributed by atoms with E-state index < -0.39 is 5.91 Å². The minimum atomic E-state index is -0.421. The zero-order valence-electron chi connectivity index (χ0n) is 15.2. The highest BCUT2D eigenvalue weighted by atomic mass is 19.1. The van der Waals surface area contributed by atoms with Gasteiger partial charge in [0, 0.05) is 12.2 Å². The Hall–Kier alpha value is -3.79. The third kappa shape index (κ3) is 4.89. The first-order chi connectivity index (χ1) is 13.5. The van der Waals surface area contributed by atoms with Gasteiger partial charge < -0.3 is 10.6 Å². The summed E-state index contributed by atoms with van der Waals surface area (Å²) in [5.41, 5.74) is 2.62. The van der Waals surface area contributed by atoms with Crippen molar-refractivity contribution in [3.8, 4) is 6.07 Å². The van der Waals surface area contributed by atoms with E-state index >= 15 is 0 Å². The first kappa shape index (κ1) is 19.0. The molecule has 0 radical (unpaired) electrons. The Morgan fingerprint density at radius 3 is 2.64 bits per heavy atom. The summed E-state index contributed by atoms with van der Waals surface area (Å²) in [6.07, 6.45) is 0.661. The molecule has 3 aromatic rings. The van der Waals surface area contributed by atoms with E-state index in [1.54, 1.807) is 49.4 Å². The maximum atomic E-state index is 13.0. The highest BCUT2D eigenvalue weighted by Gasteiger charge is 2.12. The van der Waals surface area contributed by atoms with Gasteiger partial charge in [0.15, 0.2) is 0 Å². The summed E-state index contributed by atoms with van der Waals surface area (Å²) in [5, 5.41) is 14.9. The number of nitrogens with one attached hydrogen (secondary N) is 2. The second-order valence-corrected chi connectivity index (χ2v) is 6.13. The Morgan fingerprint density at radius 2 is 1.89 bits per heavy atom. The van der Waals surface area contributed by atoms with Gasteiger partial charge in [-0.3, -0.25) is 4.79 Å². The molecule has 2 aromatic carbocycles. The number of benzene rings is 2. The van der Waals surface area contributed by atoms with Gasteiger partial charge in [-0.25, -0.2) is 14.4 Å². The second kappa shape index (κ2) is 8.73. The van der Waals surface area contributed by atoms with Crippen molar-refractivity contribution in [3.05, 3.63) is 82.9 Å². The predicted octanol–water partition coefficient (Wildman–Crippen LogP) is 3.70. The van der Waals surface area contributed by atoms with Crippen LogP contribution in [-0.2, 0) is 6.42 Å². The first-order valence-corrected chi connectivity index (χ1v) is 8.69. The maximum absolute atomic E-state index is 13.0. The van der Waals surface area contributed by atoms with E-state index in [9.17, 15) is 9.18 Å². The van der Waals surface area contributed by atoms with Gasteiger partial charge in [-0.05, 0) is 49.2 Å². The van der Waals surface area contributed by atoms with Crippen molar-refractivity contribution < 1.29 is 9.18 Å². The molecule has 0 unspecified atom stereocenters. The van der Waals surface area contributed by atoms with Crippen LogP contribution in [0.4, 0.5) is 16.0 Å². The monoisotopic (exact) mass is 375 g/mol. The van der Waals surface area contributed by atoms with Gasteiger partial charge in [0.1, 0.15) is 17.6 Å². The highest BCUT2D eigenvalue weighted by Crippen LogP contribution is 2.15. The largest absolute Gasteiger partial charge is 0.354 e. The number of nitrogens with zero attached hydrogens (tertiary/aromatic N) is 3. The number of halogens is 1. The standard InChI is InChI=1S/C21H18FN5O/c1-14-12-19(20(28)26-18-5-3-2-4-16(18)13-23)27-21(25-14)24-11-10-15-6-8-17(22)9-7-15/h2-9,12H,10-11H2,1H3,(H,26,28)(H,24,25,27). The number of anilines is 2. The molecule has 0 aliphatic heterocycles. The molecule has 0 fully saturated rings. The van der Waals surface area contributed by atoms with Crippen LogP contribution in [0.25, 0.3) is 0 Å². The molecular weight excluding hydrogens is 357 g/mol. The Morgan fingerprint density at radius 1 is 1.14 bits per heavy atom. The lowest BCUT2D eigenvalue weighted by Gasteiger charge is -2.10. The molecule has 7 heteroatoms. The van der Waals surface area contributed by atoms with Gasteiger partial charge in [0.05, 0.1) is 11.3 Å². The molecule has 1 amide bonds. The molecule has 3 rings (SSSR count). The van der Waals surface area contributed by atoms with Crippen molar-refractivity contribution in [2.45, 2.75) is 13.3 Å². The minimum Gasteiger partial charge on any atom is -0.354 e. The summed E-state index contributed by atoms with van der Waals surface area (Å²) in [7, 11) is 0. The molecule has 0 aliphatic carbocycles. The molecule has 0 saturated carbocycles. The van der Waals surface area contributed by atoms with E-state index in [1.165, 1.54) is 12.1 Å². The number of carbonyl (C=O) groups is 1. The molecule has 140 valence electrons. The Bertz CT molecular complexity index is 1030. The van der Waals surface area contributed by atoms with E-state index in [0.717, 1.165) is 5.56 Å². The van der Waals surface area contributed by atoms with Crippen molar-refractivity contribution in [1.82, 2.24) is 9.97 Å². The van der Waals surface area contributed by atoms with Crippen molar-refractivity contribution in [1.29, 1.82) is 5.26 Å². The summed E-state index contributed by atoms with van der Waals surface area (Å²) in [6, 6.07) is 16.7. The third-order valence-electron chi connectivity index (χ3n) is 3.99. The summed E-state index contributed by atoms with van der Waals surface area (Å²) >= 11 is 0. The average molecular weight is 375 g/mol. The number of hydrogen-bond acceptors (Lipinski definition) is 5. The van der Waals surface area contributed by atoms with Gasteiger partial charge in [-0.15, -0.1) is 0 Å². The fourth-order valence-corrected chi connectivity index (χ4v) is 2.61. The van der Waals surface area contributed by atoms with Crippen LogP contribution in [-0.4, -0.2) is 22.4 Å². The quantitative estimate of drug-likeness (QED) is 0.685. The molecule has 0 saturated heterocycles. The summed E-state index contributed by atoms with van der Waals surface area (Å²) < 4.78 is 13.0. The SMILES string of the molecule is Cc1cc(C(=O)Nc2ccccc2C#N)nc(NCCc2ccc(F)cc2)n1. The first-order valence-electron chi connectivity index (χ1n) is 8.69. The van der Waals surface area contributed by atoms with E-state index in [0.29, 0.717) is 35.9 Å². The van der Waals surface area contributed by atoms with Crippen molar-refractivity contribution in [2.24, 2.45) is 0 Å². The van der Waals surface area contributed by atoms with E-state index in [-0.39, 0.29) is 11.5 Å². The summed E-state index contributed by atoms with van der Waals surface area (Å²) in [4.78, 5) is 21.1. The van der Waals surface area contributed by atoms with Crippen LogP contribution < -0.4 is 10.6 Å². The van der Waals surface area contributed by atoms with E-state index in [4.69, 9.17) is 5.26 Å². The van der Waals surface area contributed by atoms with Crippen LogP contribution in [0.15, 0.2) is 54.6 Å². The van der Waals surface area contributed by atoms with Crippen LogP contribution in [0.2, 0.25) is 0 Å². The average Bonchev–Trinajstić information content (AvgIpc) is 2.69. The Balaban J connectivity index is 1.67. The number of aromatic nitrogens is 2. The molecule has 28 heavy (non-hydrogen) atoms. The topological polar surface area (TPSA) is 90.7 Å². The van der Waals surface area contributed by atoms with Gasteiger partial charge in [-0.1, -0.05) is 24.3 Å². The summed E-state index contributed by atoms with van der Waals surface area (Å²) in [6.45, 7) is 2.31. The van der Waals surface area contributed by atoms with E-state index in [2.05, 4.69) is 20.6 Å². The summed E-state index contributed by atoms with van der Waals surface area (Å²) in [5.74, 6) is -0.358. The third-order valence-corrected chi connectivity index (χ3v) is 3.99. The lowest BCUT2D eigenvalue weighted by molar-refractivity contribution is 0.102. The van der Waals surface area contributed by atoms with Gasteiger partial charge in [0.2, 0.25) is 5.95 Å². The van der Waals surface area contributed by atoms with Crippen molar-refractivity contribution >= 4 is 17.5 Å². The maximum Gasteiger partial charge on any atom is 0.274 e. The van der Waals surface area contributed by atoms with Crippen LogP contribution >= 0.6 is 0 Å². The fourth-order valence-electron chi connectivity index (χ4n) is 2.61. The Labute approximate surface area is 162 Å². The molecule has 0 bridgehead atoms. The van der Waals surface area contributed by atoms with Crippen LogP contribution in [0.5, 0.6) is 0 Å². The predicted molar refractivity (Wildman–Crippen MR) is 104 cm³/mol. The number of nitriles is 1. The van der Waals surface area contributed by atoms with Crippen LogP contribution in [0.1, 0.15) is 27.3 Å². The number of hydrogen-bond donors (Lipinski definition) is 2. The normalized spacial score (nSPS) is 10.2. The molecule has 0 spiro atoms. The molecule has 1 aromatic heterocycles. The molecule has 1 heterocycles. The smallest absolute Gasteiger partial charge is 0.274 e. The van der Waals surface area contributed by atoms with Gasteiger partial charge in [-0.2, -0.15) is 5.26 Å². The van der Waals surface area contributed by atoms with Crippen molar-refractivity contribution in [2.75, 3.05) is 17.2 Å². The number of amides is 1. The molecule has 6 nitrogen and oxygen atoms in total.